The van der Waals surface area contributed by atoms with E-state index in [2.05, 4.69) is 0 Å². The second kappa shape index (κ2) is 9.60. The van der Waals surface area contributed by atoms with Crippen LogP contribution in [-0.2, 0) is 21.7 Å². The van der Waals surface area contributed by atoms with Crippen molar-refractivity contribution in [1.29, 1.82) is 0 Å². The van der Waals surface area contributed by atoms with Crippen LogP contribution < -0.4 is 9.80 Å². The standard InChI is InChI=1S/C34H34N2O5Si/c1-21-31(42(2,3)40)29(17-18-37)41-34(21)26-14-4-5-15-27(26)35(33(34)39)20-22-9-6-12-24(19-22)36-28-16-8-11-23-10-7-13-25(30(23)28)32(36)38/h4-16,19,21,29,31,37,40H,17-18,20H2,1-3H3/t21-,29+,31-,34+/m0/s1. The van der Waals surface area contributed by atoms with Crippen molar-refractivity contribution in [3.63, 3.8) is 0 Å². The van der Waals surface area contributed by atoms with E-state index in [1.165, 1.54) is 0 Å². The van der Waals surface area contributed by atoms with E-state index in [4.69, 9.17) is 4.74 Å². The van der Waals surface area contributed by atoms with Gasteiger partial charge in [0.25, 0.3) is 11.8 Å². The van der Waals surface area contributed by atoms with Crippen molar-refractivity contribution in [1.82, 2.24) is 0 Å². The lowest BCUT2D eigenvalue weighted by molar-refractivity contribution is -0.146. The molecular formula is C34H34N2O5Si. The Hall–Kier alpha value is -3.82. The lowest BCUT2D eigenvalue weighted by Crippen LogP contribution is -2.46. The number of carbonyl (C=O) groups is 2. The van der Waals surface area contributed by atoms with Gasteiger partial charge >= 0.3 is 0 Å². The van der Waals surface area contributed by atoms with Crippen LogP contribution in [-0.4, -0.2) is 42.7 Å². The van der Waals surface area contributed by atoms with E-state index < -0.39 is 20.0 Å². The molecule has 4 atom stereocenters. The van der Waals surface area contributed by atoms with Crippen LogP contribution in [0.1, 0.15) is 34.8 Å². The fraction of sp³-hybridized carbons (Fsp3) is 0.294. The van der Waals surface area contributed by atoms with E-state index in [9.17, 15) is 19.5 Å². The Balaban J connectivity index is 1.26. The van der Waals surface area contributed by atoms with Gasteiger partial charge in [0.15, 0.2) is 13.9 Å². The first-order chi connectivity index (χ1) is 20.2. The molecule has 8 heteroatoms. The molecule has 1 saturated heterocycles. The summed E-state index contributed by atoms with van der Waals surface area (Å²) < 4.78 is 6.67. The molecule has 4 aromatic rings. The first-order valence-corrected chi connectivity index (χ1v) is 17.6. The summed E-state index contributed by atoms with van der Waals surface area (Å²) in [6.07, 6.45) is -0.0491. The van der Waals surface area contributed by atoms with Crippen LogP contribution in [0.2, 0.25) is 18.6 Å². The SMILES string of the molecule is C[C@H]1[C@H]([Si](C)(C)O)[C@@H](CCO)O[C@]12C(=O)N(Cc1cccc(N3C(=O)c4cccc5cccc3c45)c1)c1ccccc12. The van der Waals surface area contributed by atoms with Crippen molar-refractivity contribution in [3.8, 4) is 0 Å². The highest BCUT2D eigenvalue weighted by Gasteiger charge is 2.66. The lowest BCUT2D eigenvalue weighted by atomic mass is 9.82. The monoisotopic (exact) mass is 578 g/mol. The quantitative estimate of drug-likeness (QED) is 0.280. The van der Waals surface area contributed by atoms with Crippen molar-refractivity contribution in [3.05, 3.63) is 102 Å². The Morgan fingerprint density at radius 3 is 2.40 bits per heavy atom. The van der Waals surface area contributed by atoms with Crippen LogP contribution in [0, 0.1) is 5.92 Å². The van der Waals surface area contributed by atoms with Gasteiger partial charge in [0.2, 0.25) is 0 Å². The molecule has 2 amide bonds. The molecule has 0 radical (unpaired) electrons. The molecular weight excluding hydrogens is 544 g/mol. The lowest BCUT2D eigenvalue weighted by Gasteiger charge is -2.32. The zero-order chi connectivity index (χ0) is 29.4. The van der Waals surface area contributed by atoms with Crippen LogP contribution in [0.25, 0.3) is 10.8 Å². The number of nitrogens with zero attached hydrogens (tertiary/aromatic N) is 2. The fourth-order valence-electron chi connectivity index (χ4n) is 7.73. The number of rotatable bonds is 6. The number of ether oxygens (including phenoxy) is 1. The summed E-state index contributed by atoms with van der Waals surface area (Å²) in [5.74, 6) is -0.489. The molecule has 0 bridgehead atoms. The number of anilines is 3. The van der Waals surface area contributed by atoms with E-state index in [0.29, 0.717) is 18.5 Å². The number of para-hydroxylation sites is 1. The molecule has 3 heterocycles. The predicted molar refractivity (Wildman–Crippen MR) is 165 cm³/mol. The summed E-state index contributed by atoms with van der Waals surface area (Å²) in [5, 5.41) is 11.8. The zero-order valence-electron chi connectivity index (χ0n) is 23.9. The molecule has 0 aliphatic carbocycles. The van der Waals surface area contributed by atoms with E-state index in [1.54, 1.807) is 9.80 Å². The molecule has 3 aliphatic heterocycles. The summed E-state index contributed by atoms with van der Waals surface area (Å²) in [4.78, 5) is 42.8. The van der Waals surface area contributed by atoms with Crippen LogP contribution in [0.15, 0.2) is 84.9 Å². The maximum atomic E-state index is 14.5. The third-order valence-electron chi connectivity index (χ3n) is 9.37. The van der Waals surface area contributed by atoms with E-state index in [-0.39, 0.29) is 29.9 Å². The number of aliphatic hydroxyl groups is 1. The topological polar surface area (TPSA) is 90.3 Å². The average Bonchev–Trinajstić information content (AvgIpc) is 3.52. The van der Waals surface area contributed by atoms with Crippen molar-refractivity contribution in [2.75, 3.05) is 16.4 Å². The summed E-state index contributed by atoms with van der Waals surface area (Å²) in [7, 11) is -2.75. The van der Waals surface area contributed by atoms with Crippen LogP contribution in [0.5, 0.6) is 0 Å². The molecule has 7 rings (SSSR count). The van der Waals surface area contributed by atoms with Crippen molar-refractivity contribution in [2.45, 2.75) is 50.2 Å². The van der Waals surface area contributed by atoms with Gasteiger partial charge in [-0.15, -0.1) is 0 Å². The van der Waals surface area contributed by atoms with Gasteiger partial charge in [-0.2, -0.15) is 0 Å². The van der Waals surface area contributed by atoms with Gasteiger partial charge in [-0.1, -0.05) is 61.5 Å². The molecule has 3 aliphatic rings. The Kier molecular flexibility index (Phi) is 6.18. The van der Waals surface area contributed by atoms with Crippen LogP contribution >= 0.6 is 0 Å². The highest BCUT2D eigenvalue weighted by atomic mass is 28.4. The normalized spacial score (nSPS) is 24.8. The summed E-state index contributed by atoms with van der Waals surface area (Å²) in [6.45, 7) is 5.99. The third-order valence-corrected chi connectivity index (χ3v) is 11.9. The van der Waals surface area contributed by atoms with E-state index >= 15 is 0 Å². The molecule has 214 valence electrons. The van der Waals surface area contributed by atoms with E-state index in [1.807, 2.05) is 105 Å². The van der Waals surface area contributed by atoms with Crippen molar-refractivity contribution < 1.29 is 24.2 Å². The number of fused-ring (bicyclic) bond motifs is 2. The largest absolute Gasteiger partial charge is 0.432 e. The first-order valence-electron chi connectivity index (χ1n) is 14.5. The molecule has 0 saturated carbocycles. The average molecular weight is 579 g/mol. The Bertz CT molecular complexity index is 1740. The molecule has 0 unspecified atom stereocenters. The van der Waals surface area contributed by atoms with Gasteiger partial charge < -0.3 is 19.5 Å². The maximum Gasteiger partial charge on any atom is 0.264 e. The maximum absolute atomic E-state index is 14.5. The Morgan fingerprint density at radius 2 is 1.64 bits per heavy atom. The van der Waals surface area contributed by atoms with Gasteiger partial charge in [0, 0.05) is 34.7 Å². The minimum Gasteiger partial charge on any atom is -0.432 e. The zero-order valence-corrected chi connectivity index (χ0v) is 24.9. The highest BCUT2D eigenvalue weighted by Crippen LogP contribution is 2.59. The third kappa shape index (κ3) is 3.76. The van der Waals surface area contributed by atoms with Crippen LogP contribution in [0.3, 0.4) is 0 Å². The number of hydrogen-bond donors (Lipinski definition) is 2. The number of aliphatic hydroxyl groups excluding tert-OH is 1. The van der Waals surface area contributed by atoms with Gasteiger partial charge in [0.1, 0.15) is 0 Å². The molecule has 42 heavy (non-hydrogen) atoms. The predicted octanol–water partition coefficient (Wildman–Crippen LogP) is 5.86. The number of amides is 2. The summed E-state index contributed by atoms with van der Waals surface area (Å²) in [5.41, 5.74) is 3.33. The number of hydrogen-bond acceptors (Lipinski definition) is 5. The van der Waals surface area contributed by atoms with Gasteiger partial charge in [0.05, 0.1) is 29.6 Å². The smallest absolute Gasteiger partial charge is 0.264 e. The number of carbonyl (C=O) groups excluding carboxylic acids is 2. The Morgan fingerprint density at radius 1 is 0.929 bits per heavy atom. The fourth-order valence-corrected chi connectivity index (χ4v) is 10.3. The second-order valence-electron chi connectivity index (χ2n) is 12.3. The summed E-state index contributed by atoms with van der Waals surface area (Å²) in [6, 6.07) is 27.3. The molecule has 2 N–H and O–H groups in total. The molecule has 1 fully saturated rings. The highest BCUT2D eigenvalue weighted by molar-refractivity contribution is 6.71. The Labute approximate surface area is 246 Å². The number of benzene rings is 4. The minimum absolute atomic E-state index is 0.0644. The van der Waals surface area contributed by atoms with Crippen molar-refractivity contribution >= 4 is 48.0 Å². The summed E-state index contributed by atoms with van der Waals surface area (Å²) >= 11 is 0. The van der Waals surface area contributed by atoms with Gasteiger partial charge in [-0.3, -0.25) is 14.5 Å². The molecule has 0 aromatic heterocycles. The van der Waals surface area contributed by atoms with Gasteiger partial charge in [-0.05, 0) is 60.8 Å². The van der Waals surface area contributed by atoms with Gasteiger partial charge in [-0.25, -0.2) is 0 Å². The molecule has 7 nitrogen and oxygen atoms in total. The second-order valence-corrected chi connectivity index (χ2v) is 16.2. The molecule has 1 spiro atoms. The molecule has 4 aromatic carbocycles. The van der Waals surface area contributed by atoms with Crippen molar-refractivity contribution in [2.24, 2.45) is 5.92 Å². The first kappa shape index (κ1) is 27.0. The van der Waals surface area contributed by atoms with Crippen LogP contribution in [0.4, 0.5) is 17.1 Å². The minimum atomic E-state index is -2.75. The van der Waals surface area contributed by atoms with E-state index in [0.717, 1.165) is 39.0 Å².